The number of thiazole rings is 1. The maximum absolute atomic E-state index is 12.5. The van der Waals surface area contributed by atoms with Crippen molar-refractivity contribution in [3.63, 3.8) is 0 Å². The first-order chi connectivity index (χ1) is 10.1. The van der Waals surface area contributed by atoms with Crippen LogP contribution >= 0.6 is 11.3 Å². The van der Waals surface area contributed by atoms with Crippen LogP contribution in [-0.4, -0.2) is 52.5 Å². The fourth-order valence-corrected chi connectivity index (χ4v) is 4.15. The molecule has 2 fully saturated rings. The van der Waals surface area contributed by atoms with Crippen LogP contribution in [0.2, 0.25) is 0 Å². The molecule has 2 aliphatic heterocycles. The molecule has 21 heavy (non-hydrogen) atoms. The molecule has 2 saturated heterocycles. The molecule has 1 atom stereocenters. The predicted molar refractivity (Wildman–Crippen MR) is 83.7 cm³/mol. The molecule has 1 aromatic heterocycles. The third-order valence-corrected chi connectivity index (χ3v) is 5.56. The number of aryl methyl sites for hydroxylation is 1. The number of likely N-dealkylation sites (tertiary alicyclic amines) is 2. The number of amides is 1. The second kappa shape index (κ2) is 6.32. The van der Waals surface area contributed by atoms with Crippen molar-refractivity contribution in [1.29, 1.82) is 0 Å². The summed E-state index contributed by atoms with van der Waals surface area (Å²) in [6.45, 7) is 6.10. The van der Waals surface area contributed by atoms with Crippen LogP contribution in [0.3, 0.4) is 0 Å². The Morgan fingerprint density at radius 2 is 2.05 bits per heavy atom. The first kappa shape index (κ1) is 14.8. The minimum atomic E-state index is -0.0334. The standard InChI is InChI=1S/C15H23N3O2S/c1-12-11-21-15(20)18(12)10-14(19)17-8-4-5-13(9-17)16-6-2-3-7-16/h11,13H,2-10H2,1H3. The quantitative estimate of drug-likeness (QED) is 0.845. The van der Waals surface area contributed by atoms with Gasteiger partial charge in [0.2, 0.25) is 5.91 Å². The molecule has 2 aliphatic rings. The highest BCUT2D eigenvalue weighted by Crippen LogP contribution is 2.20. The maximum Gasteiger partial charge on any atom is 0.307 e. The lowest BCUT2D eigenvalue weighted by molar-refractivity contribution is -0.134. The van der Waals surface area contributed by atoms with Gasteiger partial charge in [-0.05, 0) is 45.7 Å². The molecule has 0 radical (unpaired) electrons. The van der Waals surface area contributed by atoms with Crippen LogP contribution in [0.1, 0.15) is 31.4 Å². The Kier molecular flexibility index (Phi) is 4.45. The summed E-state index contributed by atoms with van der Waals surface area (Å²) in [5.41, 5.74) is 0.881. The minimum absolute atomic E-state index is 0.0334. The topological polar surface area (TPSA) is 45.6 Å². The Morgan fingerprint density at radius 3 is 2.71 bits per heavy atom. The second-order valence-electron chi connectivity index (χ2n) is 6.11. The number of hydrogen-bond acceptors (Lipinski definition) is 4. The zero-order valence-electron chi connectivity index (χ0n) is 12.6. The van der Waals surface area contributed by atoms with Gasteiger partial charge in [0.05, 0.1) is 0 Å². The van der Waals surface area contributed by atoms with Gasteiger partial charge in [-0.2, -0.15) is 0 Å². The second-order valence-corrected chi connectivity index (χ2v) is 6.93. The molecule has 0 N–H and O–H groups in total. The first-order valence-corrected chi connectivity index (χ1v) is 8.70. The summed E-state index contributed by atoms with van der Waals surface area (Å²) in [5, 5.41) is 1.82. The Bertz CT molecular complexity index is 560. The van der Waals surface area contributed by atoms with Crippen molar-refractivity contribution in [2.75, 3.05) is 26.2 Å². The van der Waals surface area contributed by atoms with Crippen molar-refractivity contribution in [2.45, 2.75) is 45.2 Å². The minimum Gasteiger partial charge on any atom is -0.340 e. The lowest BCUT2D eigenvalue weighted by Gasteiger charge is -2.37. The summed E-state index contributed by atoms with van der Waals surface area (Å²) in [7, 11) is 0. The molecule has 116 valence electrons. The fraction of sp³-hybridized carbons (Fsp3) is 0.733. The van der Waals surface area contributed by atoms with Gasteiger partial charge in [0.25, 0.3) is 0 Å². The van der Waals surface area contributed by atoms with Gasteiger partial charge in [-0.1, -0.05) is 11.3 Å². The van der Waals surface area contributed by atoms with E-state index in [9.17, 15) is 9.59 Å². The number of carbonyl (C=O) groups is 1. The van der Waals surface area contributed by atoms with Crippen molar-refractivity contribution < 1.29 is 4.79 Å². The van der Waals surface area contributed by atoms with E-state index < -0.39 is 0 Å². The average molecular weight is 309 g/mol. The number of hydrogen-bond donors (Lipinski definition) is 0. The zero-order valence-corrected chi connectivity index (χ0v) is 13.4. The number of carbonyl (C=O) groups excluding carboxylic acids is 1. The summed E-state index contributed by atoms with van der Waals surface area (Å²) in [6, 6.07) is 0.519. The average Bonchev–Trinajstić information content (AvgIpc) is 3.13. The molecule has 6 heteroatoms. The van der Waals surface area contributed by atoms with Gasteiger partial charge in [0.1, 0.15) is 6.54 Å². The van der Waals surface area contributed by atoms with E-state index in [4.69, 9.17) is 0 Å². The van der Waals surface area contributed by atoms with Crippen molar-refractivity contribution in [3.8, 4) is 0 Å². The van der Waals surface area contributed by atoms with Crippen LogP contribution in [0.25, 0.3) is 0 Å². The van der Waals surface area contributed by atoms with E-state index in [1.54, 1.807) is 4.57 Å². The monoisotopic (exact) mass is 309 g/mol. The molecule has 0 aliphatic carbocycles. The Balaban J connectivity index is 1.63. The van der Waals surface area contributed by atoms with Crippen molar-refractivity contribution >= 4 is 17.2 Å². The molecular formula is C15H23N3O2S. The van der Waals surface area contributed by atoms with Crippen LogP contribution in [0, 0.1) is 6.92 Å². The van der Waals surface area contributed by atoms with Crippen LogP contribution in [-0.2, 0) is 11.3 Å². The zero-order chi connectivity index (χ0) is 14.8. The highest BCUT2D eigenvalue weighted by molar-refractivity contribution is 7.07. The molecule has 0 bridgehead atoms. The fourth-order valence-electron chi connectivity index (χ4n) is 3.42. The van der Waals surface area contributed by atoms with Crippen LogP contribution in [0.5, 0.6) is 0 Å². The molecule has 5 nitrogen and oxygen atoms in total. The van der Waals surface area contributed by atoms with Crippen molar-refractivity contribution in [3.05, 3.63) is 20.7 Å². The third kappa shape index (κ3) is 3.21. The largest absolute Gasteiger partial charge is 0.340 e. The van der Waals surface area contributed by atoms with Gasteiger partial charge in [-0.15, -0.1) is 0 Å². The lowest BCUT2D eigenvalue weighted by Crippen LogP contribution is -2.50. The number of rotatable bonds is 3. The number of piperidine rings is 1. The molecule has 3 rings (SSSR count). The van der Waals surface area contributed by atoms with Crippen LogP contribution in [0.4, 0.5) is 0 Å². The smallest absolute Gasteiger partial charge is 0.307 e. The SMILES string of the molecule is Cc1csc(=O)n1CC(=O)N1CCCC(N2CCCC2)C1. The Hall–Kier alpha value is -1.14. The van der Waals surface area contributed by atoms with E-state index in [0.29, 0.717) is 6.04 Å². The number of nitrogens with zero attached hydrogens (tertiary/aromatic N) is 3. The molecular weight excluding hydrogens is 286 g/mol. The Labute approximate surface area is 129 Å². The van der Waals surface area contributed by atoms with E-state index in [1.165, 1.54) is 43.7 Å². The lowest BCUT2D eigenvalue weighted by atomic mass is 10.0. The first-order valence-electron chi connectivity index (χ1n) is 7.82. The van der Waals surface area contributed by atoms with Gasteiger partial charge < -0.3 is 4.90 Å². The highest BCUT2D eigenvalue weighted by Gasteiger charge is 2.29. The molecule has 1 amide bonds. The van der Waals surface area contributed by atoms with E-state index >= 15 is 0 Å². The predicted octanol–water partition coefficient (Wildman–Crippen LogP) is 1.31. The summed E-state index contributed by atoms with van der Waals surface area (Å²) >= 11 is 1.17. The number of aromatic nitrogens is 1. The molecule has 1 aromatic rings. The van der Waals surface area contributed by atoms with E-state index in [-0.39, 0.29) is 17.3 Å². The van der Waals surface area contributed by atoms with Gasteiger partial charge in [-0.3, -0.25) is 19.1 Å². The van der Waals surface area contributed by atoms with Crippen LogP contribution in [0.15, 0.2) is 10.2 Å². The van der Waals surface area contributed by atoms with Crippen molar-refractivity contribution in [2.24, 2.45) is 0 Å². The van der Waals surface area contributed by atoms with Gasteiger partial charge in [0.15, 0.2) is 0 Å². The molecule has 1 unspecified atom stereocenters. The summed E-state index contributed by atoms with van der Waals surface area (Å²) in [5.74, 6) is 0.0856. The summed E-state index contributed by atoms with van der Waals surface area (Å²) in [6.07, 6.45) is 4.84. The third-order valence-electron chi connectivity index (χ3n) is 4.68. The highest BCUT2D eigenvalue weighted by atomic mass is 32.1. The maximum atomic E-state index is 12.5. The van der Waals surface area contributed by atoms with Gasteiger partial charge in [-0.25, -0.2) is 0 Å². The normalized spacial score (nSPS) is 23.7. The Morgan fingerprint density at radius 1 is 1.29 bits per heavy atom. The van der Waals surface area contributed by atoms with Gasteiger partial charge in [0, 0.05) is 30.2 Å². The van der Waals surface area contributed by atoms with Gasteiger partial charge >= 0.3 is 4.87 Å². The molecule has 0 aromatic carbocycles. The molecule has 3 heterocycles. The summed E-state index contributed by atoms with van der Waals surface area (Å²) in [4.78, 5) is 28.7. The molecule has 0 spiro atoms. The van der Waals surface area contributed by atoms with E-state index in [1.807, 2.05) is 17.2 Å². The summed E-state index contributed by atoms with van der Waals surface area (Å²) < 4.78 is 1.59. The van der Waals surface area contributed by atoms with Crippen molar-refractivity contribution in [1.82, 2.24) is 14.4 Å². The molecule has 0 saturated carbocycles. The van der Waals surface area contributed by atoms with Crippen LogP contribution < -0.4 is 4.87 Å². The van der Waals surface area contributed by atoms with E-state index in [2.05, 4.69) is 4.90 Å². The van der Waals surface area contributed by atoms with E-state index in [0.717, 1.165) is 25.2 Å².